The minimum Gasteiger partial charge on any atom is -0.545 e. The lowest BCUT2D eigenvalue weighted by Gasteiger charge is -2.29. The van der Waals surface area contributed by atoms with Crippen LogP contribution in [0.15, 0.2) is 42.5 Å². The van der Waals surface area contributed by atoms with Crippen LogP contribution in [-0.4, -0.2) is 37.3 Å². The highest BCUT2D eigenvalue weighted by Gasteiger charge is 2.28. The number of carboxylic acid groups (broad SMARTS) is 1. The fraction of sp³-hybridized carbons (Fsp3) is 0.280. The van der Waals surface area contributed by atoms with Crippen molar-refractivity contribution in [1.82, 2.24) is 4.98 Å². The number of quaternary nitrogens is 1. The topological polar surface area (TPSA) is 75.9 Å². The second-order valence-corrected chi connectivity index (χ2v) is 7.76. The third kappa shape index (κ3) is 4.66. The summed E-state index contributed by atoms with van der Waals surface area (Å²) in [5, 5.41) is 12.7. The Hall–Kier alpha value is -3.52. The number of nitrogens with zero attached hydrogens (tertiary/aromatic N) is 1. The van der Waals surface area contributed by atoms with Crippen LogP contribution in [0, 0.1) is 0 Å². The summed E-state index contributed by atoms with van der Waals surface area (Å²) < 4.78 is 35.5. The van der Waals surface area contributed by atoms with E-state index >= 15 is 0 Å². The molecule has 1 aliphatic rings. The zero-order valence-corrected chi connectivity index (χ0v) is 18.4. The smallest absolute Gasteiger partial charge is 0.387 e. The van der Waals surface area contributed by atoms with Crippen LogP contribution in [0.4, 0.5) is 8.78 Å². The van der Waals surface area contributed by atoms with Gasteiger partial charge in [0.25, 0.3) is 0 Å². The largest absolute Gasteiger partial charge is 0.545 e. The Kier molecular flexibility index (Phi) is 6.55. The fourth-order valence-electron chi connectivity index (χ4n) is 4.23. The molecule has 0 spiro atoms. The van der Waals surface area contributed by atoms with Gasteiger partial charge in [-0.3, -0.25) is 0 Å². The number of hydrogen-bond acceptors (Lipinski definition) is 5. The van der Waals surface area contributed by atoms with Crippen LogP contribution in [-0.2, 0) is 6.54 Å². The van der Waals surface area contributed by atoms with E-state index in [0.29, 0.717) is 47.4 Å². The molecule has 1 aliphatic heterocycles. The number of hydrogen-bond donors (Lipinski definition) is 1. The number of carbonyl (C=O) groups excluding carboxylic acids is 1. The van der Waals surface area contributed by atoms with E-state index in [1.165, 1.54) is 11.0 Å². The maximum Gasteiger partial charge on any atom is 0.387 e. The molecule has 1 unspecified atom stereocenters. The van der Waals surface area contributed by atoms with E-state index in [2.05, 4.69) is 4.74 Å². The number of aromatic nitrogens is 1. The number of rotatable bonds is 7. The molecule has 1 N–H and O–H groups in total. The Morgan fingerprint density at radius 1 is 1.18 bits per heavy atom. The van der Waals surface area contributed by atoms with E-state index in [4.69, 9.17) is 9.72 Å². The molecule has 4 rings (SSSR count). The van der Waals surface area contributed by atoms with E-state index in [0.717, 1.165) is 12.1 Å². The second-order valence-electron chi connectivity index (χ2n) is 7.76. The number of ether oxygens (including phenoxy) is 2. The van der Waals surface area contributed by atoms with Crippen LogP contribution in [0.5, 0.6) is 11.5 Å². The number of alkyl halides is 2. The van der Waals surface area contributed by atoms with E-state index in [-0.39, 0.29) is 17.1 Å². The van der Waals surface area contributed by atoms with Crippen LogP contribution >= 0.6 is 0 Å². The van der Waals surface area contributed by atoms with Crippen molar-refractivity contribution in [3.05, 3.63) is 64.8 Å². The summed E-state index contributed by atoms with van der Waals surface area (Å²) in [7, 11) is 0. The van der Waals surface area contributed by atoms with Gasteiger partial charge in [-0.1, -0.05) is 24.3 Å². The van der Waals surface area contributed by atoms with E-state index in [9.17, 15) is 18.7 Å². The lowest BCUT2D eigenvalue weighted by atomic mass is 9.92. The Morgan fingerprint density at radius 3 is 2.67 bits per heavy atom. The summed E-state index contributed by atoms with van der Waals surface area (Å²) in [4.78, 5) is 18.1. The lowest BCUT2D eigenvalue weighted by Crippen LogP contribution is -3.11. The number of nitrogens with one attached hydrogen (secondary N) is 1. The summed E-state index contributed by atoms with van der Waals surface area (Å²) in [5.41, 5.74) is 3.58. The molecule has 33 heavy (non-hydrogen) atoms. The van der Waals surface area contributed by atoms with Crippen LogP contribution in [0.3, 0.4) is 0 Å². The van der Waals surface area contributed by atoms with Crippen molar-refractivity contribution in [2.24, 2.45) is 0 Å². The van der Waals surface area contributed by atoms with Crippen LogP contribution < -0.4 is 19.5 Å². The number of aromatic carboxylic acids is 1. The molecule has 0 saturated carbocycles. The Bertz CT molecular complexity index is 1230. The zero-order chi connectivity index (χ0) is 23.5. The van der Waals surface area contributed by atoms with Gasteiger partial charge in [0.15, 0.2) is 11.5 Å². The van der Waals surface area contributed by atoms with Crippen molar-refractivity contribution in [2.75, 3.05) is 19.7 Å². The summed E-state index contributed by atoms with van der Waals surface area (Å²) in [6.07, 6.45) is 1.89. The van der Waals surface area contributed by atoms with Crippen molar-refractivity contribution in [2.45, 2.75) is 27.0 Å². The number of para-hydroxylation sites is 1. The Labute approximate surface area is 190 Å². The maximum absolute atomic E-state index is 12.7. The van der Waals surface area contributed by atoms with Gasteiger partial charge in [-0.25, -0.2) is 4.98 Å². The third-order valence-corrected chi connectivity index (χ3v) is 5.69. The molecule has 8 heteroatoms. The van der Waals surface area contributed by atoms with E-state index in [1.54, 1.807) is 37.3 Å². The first-order chi connectivity index (χ1) is 15.9. The molecule has 0 fully saturated rings. The first-order valence-corrected chi connectivity index (χ1v) is 10.8. The minimum atomic E-state index is -2.96. The number of fused-ring (bicyclic) bond motifs is 2. The average Bonchev–Trinajstić information content (AvgIpc) is 2.78. The molecule has 2 aromatic carbocycles. The predicted octanol–water partition coefficient (Wildman–Crippen LogP) is 2.56. The number of benzene rings is 2. The second kappa shape index (κ2) is 9.54. The molecule has 0 aliphatic carbocycles. The monoisotopic (exact) mass is 454 g/mol. The summed E-state index contributed by atoms with van der Waals surface area (Å²) in [6, 6.07) is 11.9. The molecule has 2 heterocycles. The molecule has 0 amide bonds. The highest BCUT2D eigenvalue weighted by Crippen LogP contribution is 2.33. The molecular formula is C25H24F2N2O4. The van der Waals surface area contributed by atoms with Gasteiger partial charge in [0.1, 0.15) is 13.1 Å². The third-order valence-electron chi connectivity index (χ3n) is 5.69. The van der Waals surface area contributed by atoms with Gasteiger partial charge >= 0.3 is 6.61 Å². The van der Waals surface area contributed by atoms with Gasteiger partial charge in [-0.2, -0.15) is 8.78 Å². The molecule has 172 valence electrons. The molecule has 0 saturated heterocycles. The number of halogens is 2. The van der Waals surface area contributed by atoms with E-state index in [1.807, 2.05) is 19.1 Å². The molecule has 1 atom stereocenters. The van der Waals surface area contributed by atoms with Crippen molar-refractivity contribution >= 4 is 28.5 Å². The van der Waals surface area contributed by atoms with Gasteiger partial charge < -0.3 is 24.3 Å². The van der Waals surface area contributed by atoms with Crippen molar-refractivity contribution in [3.63, 3.8) is 0 Å². The standard InChI is InChI=1S/C25H24F2N2O4/c1-3-29-13-16(11-15-9-10-20(33-25(26)27)21(12-15)32-4-2)23-18(14-29)22(24(30)31)17-7-5-6-8-19(17)28-23/h5-12,25H,3-4,13-14H2,1-2H3,(H,30,31)/b16-11+. The molecule has 6 nitrogen and oxygen atoms in total. The average molecular weight is 454 g/mol. The van der Waals surface area contributed by atoms with Gasteiger partial charge in [0.2, 0.25) is 0 Å². The summed E-state index contributed by atoms with van der Waals surface area (Å²) >= 11 is 0. The lowest BCUT2D eigenvalue weighted by molar-refractivity contribution is -0.905. The molecule has 1 aromatic heterocycles. The van der Waals surface area contributed by atoms with Crippen molar-refractivity contribution in [1.29, 1.82) is 0 Å². The first kappa shape index (κ1) is 22.7. The highest BCUT2D eigenvalue weighted by atomic mass is 19.3. The maximum atomic E-state index is 12.7. The number of carboxylic acids is 1. The number of pyridine rings is 1. The normalized spacial score (nSPS) is 16.8. The summed E-state index contributed by atoms with van der Waals surface area (Å²) in [5.74, 6) is -1.05. The van der Waals surface area contributed by atoms with Crippen LogP contribution in [0.1, 0.15) is 41.0 Å². The fourth-order valence-corrected chi connectivity index (χ4v) is 4.23. The Morgan fingerprint density at radius 2 is 1.97 bits per heavy atom. The van der Waals surface area contributed by atoms with Crippen LogP contribution in [0.25, 0.3) is 22.6 Å². The quantitative estimate of drug-likeness (QED) is 0.594. The van der Waals surface area contributed by atoms with Crippen LogP contribution in [0.2, 0.25) is 0 Å². The van der Waals surface area contributed by atoms with Gasteiger partial charge in [0.05, 0.1) is 30.3 Å². The van der Waals surface area contributed by atoms with Gasteiger partial charge in [0, 0.05) is 22.1 Å². The Balaban J connectivity index is 1.87. The molecule has 0 radical (unpaired) electrons. The van der Waals surface area contributed by atoms with E-state index < -0.39 is 12.6 Å². The molecule has 0 bridgehead atoms. The number of carbonyl (C=O) groups is 1. The van der Waals surface area contributed by atoms with Gasteiger partial charge in [-0.15, -0.1) is 0 Å². The number of likely N-dealkylation sites (N-methyl/N-ethyl adjacent to an activating group) is 1. The van der Waals surface area contributed by atoms with Crippen molar-refractivity contribution in [3.8, 4) is 11.5 Å². The predicted molar refractivity (Wildman–Crippen MR) is 118 cm³/mol. The summed E-state index contributed by atoms with van der Waals surface area (Å²) in [6.45, 7) is 3.08. The highest BCUT2D eigenvalue weighted by molar-refractivity contribution is 6.05. The van der Waals surface area contributed by atoms with Gasteiger partial charge in [-0.05, 0) is 43.7 Å². The molecule has 3 aromatic rings. The first-order valence-electron chi connectivity index (χ1n) is 10.8. The molecular weight excluding hydrogens is 430 g/mol. The zero-order valence-electron chi connectivity index (χ0n) is 18.4. The minimum absolute atomic E-state index is 0.0396. The van der Waals surface area contributed by atoms with Crippen molar-refractivity contribution < 1.29 is 33.1 Å². The SMILES string of the molecule is CCOc1cc(/C=C2\C[NH+](CC)Cc3c2nc2ccccc2c3C(=O)[O-])ccc1OC(F)F.